The first-order valence-corrected chi connectivity index (χ1v) is 11.4. The quantitative estimate of drug-likeness (QED) is 0.468. The number of hydrogen-bond donors (Lipinski definition) is 3. The van der Waals surface area contributed by atoms with Gasteiger partial charge in [0.2, 0.25) is 5.23 Å². The van der Waals surface area contributed by atoms with E-state index in [1.54, 1.807) is 32.5 Å². The third kappa shape index (κ3) is 5.81. The van der Waals surface area contributed by atoms with Crippen LogP contribution in [0.3, 0.4) is 0 Å². The molecule has 1 aromatic carbocycles. The van der Waals surface area contributed by atoms with Crippen LogP contribution < -0.4 is 15.6 Å². The highest BCUT2D eigenvalue weighted by Crippen LogP contribution is 2.33. The summed E-state index contributed by atoms with van der Waals surface area (Å²) in [7, 11) is 3.25. The highest BCUT2D eigenvalue weighted by atomic mass is 32.2. The minimum atomic E-state index is -0.0938. The molecule has 1 aliphatic rings. The topological polar surface area (TPSA) is 100 Å². The summed E-state index contributed by atoms with van der Waals surface area (Å²) >= 11 is 0.973. The van der Waals surface area contributed by atoms with Crippen molar-refractivity contribution in [1.82, 2.24) is 9.88 Å². The minimum absolute atomic E-state index is 0.00573. The van der Waals surface area contributed by atoms with E-state index in [0.29, 0.717) is 11.3 Å². The van der Waals surface area contributed by atoms with Crippen molar-refractivity contribution in [2.75, 3.05) is 7.11 Å². The second-order valence-corrected chi connectivity index (χ2v) is 10.5. The molecule has 1 aromatic heterocycles. The lowest BCUT2D eigenvalue weighted by Crippen LogP contribution is -2.59. The maximum Gasteiger partial charge on any atom is 0.250 e. The Kier molecular flexibility index (Phi) is 6.86. The van der Waals surface area contributed by atoms with Crippen molar-refractivity contribution >= 4 is 22.0 Å². The van der Waals surface area contributed by atoms with Crippen LogP contribution in [0.25, 0.3) is 11.1 Å². The van der Waals surface area contributed by atoms with Crippen molar-refractivity contribution in [1.29, 1.82) is 10.8 Å². The van der Waals surface area contributed by atoms with Crippen LogP contribution in [0.1, 0.15) is 46.1 Å². The first-order chi connectivity index (χ1) is 14.9. The first-order valence-electron chi connectivity index (χ1n) is 10.6. The number of nitrogens with zero attached hydrogens (tertiary/aromatic N) is 1. The van der Waals surface area contributed by atoms with Gasteiger partial charge in [0, 0.05) is 48.8 Å². The van der Waals surface area contributed by atoms with E-state index in [1.165, 1.54) is 4.57 Å². The van der Waals surface area contributed by atoms with Gasteiger partial charge >= 0.3 is 0 Å². The Morgan fingerprint density at radius 3 is 2.31 bits per heavy atom. The molecule has 0 saturated carbocycles. The van der Waals surface area contributed by atoms with E-state index in [9.17, 15) is 4.79 Å². The van der Waals surface area contributed by atoms with Crippen LogP contribution in [0.5, 0.6) is 5.75 Å². The summed E-state index contributed by atoms with van der Waals surface area (Å²) in [6.45, 7) is 8.55. The minimum Gasteiger partial charge on any atom is -0.496 e. The lowest BCUT2D eigenvalue weighted by molar-refractivity contribution is 0.0507. The second kappa shape index (κ2) is 9.11. The average molecular weight is 457 g/mol. The summed E-state index contributed by atoms with van der Waals surface area (Å²) in [4.78, 5) is 12.0. The molecule has 0 spiro atoms. The molecule has 2 aromatic rings. The third-order valence-corrected chi connectivity index (χ3v) is 6.21. The first kappa shape index (κ1) is 24.1. The van der Waals surface area contributed by atoms with Crippen LogP contribution in [0.4, 0.5) is 0 Å². The Morgan fingerprint density at radius 1 is 1.09 bits per heavy atom. The lowest BCUT2D eigenvalue weighted by Gasteiger charge is -2.46. The van der Waals surface area contributed by atoms with Gasteiger partial charge in [0.25, 0.3) is 5.56 Å². The van der Waals surface area contributed by atoms with Crippen LogP contribution in [-0.2, 0) is 11.8 Å². The van der Waals surface area contributed by atoms with E-state index in [0.717, 1.165) is 35.7 Å². The third-order valence-electron chi connectivity index (χ3n) is 5.50. The fraction of sp³-hybridized carbons (Fsp3) is 0.458. The summed E-state index contributed by atoms with van der Waals surface area (Å²) in [5.74, 6) is 0.512. The van der Waals surface area contributed by atoms with Gasteiger partial charge in [-0.15, -0.1) is 0 Å². The molecule has 32 heavy (non-hydrogen) atoms. The van der Waals surface area contributed by atoms with Crippen LogP contribution in [0, 0.1) is 10.8 Å². The predicted molar refractivity (Wildman–Crippen MR) is 131 cm³/mol. The van der Waals surface area contributed by atoms with Gasteiger partial charge in [0.05, 0.1) is 7.11 Å². The Hall–Kier alpha value is -2.58. The van der Waals surface area contributed by atoms with Crippen molar-refractivity contribution in [3.05, 3.63) is 52.4 Å². The van der Waals surface area contributed by atoms with Crippen LogP contribution in [-0.4, -0.2) is 39.1 Å². The zero-order valence-electron chi connectivity index (χ0n) is 19.5. The molecule has 7 nitrogen and oxygen atoms in total. The largest absolute Gasteiger partial charge is 0.496 e. The van der Waals surface area contributed by atoms with Gasteiger partial charge in [-0.3, -0.25) is 15.6 Å². The molecule has 1 aliphatic heterocycles. The van der Waals surface area contributed by atoms with E-state index >= 15 is 0 Å². The van der Waals surface area contributed by atoms with Gasteiger partial charge in [-0.1, -0.05) is 6.07 Å². The molecule has 1 saturated heterocycles. The number of hydrogen-bond acceptors (Lipinski definition) is 7. The molecule has 3 N–H and O–H groups in total. The van der Waals surface area contributed by atoms with Crippen molar-refractivity contribution in [2.24, 2.45) is 7.05 Å². The number of aryl methyl sites for hydroxylation is 1. The molecule has 0 atom stereocenters. The van der Waals surface area contributed by atoms with Crippen molar-refractivity contribution in [3.63, 3.8) is 0 Å². The van der Waals surface area contributed by atoms with Gasteiger partial charge in [0.15, 0.2) is 0 Å². The van der Waals surface area contributed by atoms with Crippen LogP contribution >= 0.6 is 11.8 Å². The monoisotopic (exact) mass is 456 g/mol. The Bertz CT molecular complexity index is 1070. The summed E-state index contributed by atoms with van der Waals surface area (Å²) in [5.41, 5.74) is 1.93. The maximum atomic E-state index is 12.0. The molecule has 1 fully saturated rings. The van der Waals surface area contributed by atoms with Gasteiger partial charge in [-0.2, -0.15) is 0 Å². The Labute approximate surface area is 193 Å². The molecule has 0 radical (unpaired) electrons. The standard InChI is InChI=1S/C24H32N4O3S/c1-23(2)13-17(14-24(3,4)27-23)31-22(26)32-21(25)18-8-7-15(11-19(18)30-6)16-9-10-28(5)20(29)12-16/h7-12,17,25-27H,13-14H2,1-6H3. The van der Waals surface area contributed by atoms with Crippen molar-refractivity contribution < 1.29 is 9.47 Å². The zero-order chi connectivity index (χ0) is 23.7. The van der Waals surface area contributed by atoms with Crippen LogP contribution in [0.2, 0.25) is 0 Å². The molecule has 3 rings (SSSR count). The lowest BCUT2D eigenvalue weighted by atomic mass is 9.81. The molecule has 0 unspecified atom stereocenters. The van der Waals surface area contributed by atoms with E-state index in [-0.39, 0.29) is 33.0 Å². The summed E-state index contributed by atoms with van der Waals surface area (Å²) in [5, 5.41) is 20.6. The van der Waals surface area contributed by atoms with E-state index in [2.05, 4.69) is 33.0 Å². The Morgan fingerprint density at radius 2 is 1.72 bits per heavy atom. The SMILES string of the molecule is COc1cc(-c2ccn(C)c(=O)c2)ccc1C(=N)SC(=N)OC1CC(C)(C)NC(C)(C)C1. The normalized spacial score (nSPS) is 17.6. The molecule has 0 aliphatic carbocycles. The predicted octanol–water partition coefficient (Wildman–Crippen LogP) is 4.38. The number of methoxy groups -OCH3 is 1. The van der Waals surface area contributed by atoms with Crippen molar-refractivity contribution in [2.45, 2.75) is 57.7 Å². The number of nitrogens with one attached hydrogen (secondary N) is 3. The number of thioether (sulfide) groups is 1. The molecule has 2 heterocycles. The fourth-order valence-corrected chi connectivity index (χ4v) is 5.07. The molecule has 172 valence electrons. The fourth-order valence-electron chi connectivity index (χ4n) is 4.42. The van der Waals surface area contributed by atoms with Gasteiger partial charge < -0.3 is 19.4 Å². The smallest absolute Gasteiger partial charge is 0.250 e. The van der Waals surface area contributed by atoms with Crippen LogP contribution in [0.15, 0.2) is 41.3 Å². The zero-order valence-corrected chi connectivity index (χ0v) is 20.4. The molecule has 0 bridgehead atoms. The van der Waals surface area contributed by atoms with Gasteiger partial charge in [0.1, 0.15) is 16.9 Å². The highest BCUT2D eigenvalue weighted by molar-refractivity contribution is 8.26. The summed E-state index contributed by atoms with van der Waals surface area (Å²) < 4.78 is 13.0. The highest BCUT2D eigenvalue weighted by Gasteiger charge is 2.39. The van der Waals surface area contributed by atoms with E-state index in [4.69, 9.17) is 20.3 Å². The Balaban J connectivity index is 1.72. The number of pyridine rings is 1. The number of ether oxygens (including phenoxy) is 2. The number of aromatic nitrogens is 1. The maximum absolute atomic E-state index is 12.0. The summed E-state index contributed by atoms with van der Waals surface area (Å²) in [6.07, 6.45) is 3.22. The van der Waals surface area contributed by atoms with Crippen molar-refractivity contribution in [3.8, 4) is 16.9 Å². The second-order valence-electron chi connectivity index (χ2n) is 9.54. The average Bonchev–Trinajstić information content (AvgIpc) is 2.66. The molecular formula is C24H32N4O3S. The number of rotatable bonds is 4. The molecule has 8 heteroatoms. The number of benzene rings is 1. The van der Waals surface area contributed by atoms with E-state index < -0.39 is 0 Å². The van der Waals surface area contributed by atoms with Gasteiger partial charge in [-0.05, 0) is 68.8 Å². The summed E-state index contributed by atoms with van der Waals surface area (Å²) in [6, 6.07) is 8.87. The van der Waals surface area contributed by atoms with Gasteiger partial charge in [-0.25, -0.2) is 0 Å². The van der Waals surface area contributed by atoms with E-state index in [1.807, 2.05) is 18.2 Å². The molecular weight excluding hydrogens is 424 g/mol. The molecule has 0 amide bonds. The number of piperidine rings is 1.